The molecule has 1 saturated heterocycles. The van der Waals surface area contributed by atoms with E-state index in [1.54, 1.807) is 0 Å². The van der Waals surface area contributed by atoms with Gasteiger partial charge in [-0.25, -0.2) is 4.98 Å². The van der Waals surface area contributed by atoms with Crippen molar-refractivity contribution in [2.75, 3.05) is 25.5 Å². The molecule has 1 aromatic carbocycles. The molecule has 2 aromatic heterocycles. The molecule has 1 aliphatic heterocycles. The van der Waals surface area contributed by atoms with Gasteiger partial charge in [0.15, 0.2) is 5.65 Å². The summed E-state index contributed by atoms with van der Waals surface area (Å²) in [5.74, 6) is 1.58. The van der Waals surface area contributed by atoms with E-state index < -0.39 is 0 Å². The molecule has 5 heteroatoms. The molecule has 30 heavy (non-hydrogen) atoms. The summed E-state index contributed by atoms with van der Waals surface area (Å²) < 4.78 is 2.28. The van der Waals surface area contributed by atoms with Crippen molar-refractivity contribution in [1.82, 2.24) is 14.3 Å². The third-order valence-corrected chi connectivity index (χ3v) is 6.84. The van der Waals surface area contributed by atoms with E-state index in [2.05, 4.69) is 71.6 Å². The fraction of sp³-hybridized carbons (Fsp3) is 0.440. The lowest BCUT2D eigenvalue weighted by molar-refractivity contribution is 0.299. The van der Waals surface area contributed by atoms with Gasteiger partial charge >= 0.3 is 0 Å². The molecule has 3 aromatic rings. The molecule has 5 rings (SSSR count). The Morgan fingerprint density at radius 1 is 1.17 bits per heavy atom. The van der Waals surface area contributed by atoms with E-state index in [0.29, 0.717) is 17.6 Å². The molecule has 0 N–H and O–H groups in total. The zero-order valence-corrected chi connectivity index (χ0v) is 18.1. The van der Waals surface area contributed by atoms with Gasteiger partial charge in [-0.2, -0.15) is 5.26 Å². The van der Waals surface area contributed by atoms with Crippen molar-refractivity contribution < 1.29 is 0 Å². The highest BCUT2D eigenvalue weighted by Crippen LogP contribution is 2.42. The second-order valence-electron chi connectivity index (χ2n) is 8.85. The molecule has 5 nitrogen and oxygen atoms in total. The monoisotopic (exact) mass is 399 g/mol. The number of pyridine rings is 1. The molecule has 0 spiro atoms. The molecule has 0 saturated carbocycles. The van der Waals surface area contributed by atoms with Crippen molar-refractivity contribution in [3.8, 4) is 6.07 Å². The van der Waals surface area contributed by atoms with Crippen molar-refractivity contribution in [1.29, 1.82) is 5.26 Å². The molecule has 0 radical (unpaired) electrons. The van der Waals surface area contributed by atoms with Gasteiger partial charge in [-0.15, -0.1) is 0 Å². The number of rotatable bonds is 3. The first kappa shape index (κ1) is 19.1. The molecule has 0 amide bonds. The normalized spacial score (nSPS) is 21.8. The Balaban J connectivity index is 1.92. The number of anilines is 1. The minimum Gasteiger partial charge on any atom is -0.342 e. The molecule has 1 aliphatic carbocycles. The quantitative estimate of drug-likeness (QED) is 0.583. The number of nitriles is 1. The van der Waals surface area contributed by atoms with E-state index in [4.69, 9.17) is 4.98 Å². The van der Waals surface area contributed by atoms with Gasteiger partial charge in [0.1, 0.15) is 11.9 Å². The van der Waals surface area contributed by atoms with Crippen LogP contribution in [0.4, 0.5) is 5.82 Å². The third-order valence-electron chi connectivity index (χ3n) is 6.84. The number of para-hydroxylation sites is 2. The number of hydrogen-bond donors (Lipinski definition) is 0. The van der Waals surface area contributed by atoms with Gasteiger partial charge < -0.3 is 4.90 Å². The van der Waals surface area contributed by atoms with Crippen LogP contribution in [0.5, 0.6) is 0 Å². The molecule has 3 heterocycles. The van der Waals surface area contributed by atoms with Crippen molar-refractivity contribution in [3.05, 3.63) is 53.1 Å². The summed E-state index contributed by atoms with van der Waals surface area (Å²) in [6, 6.07) is 10.8. The summed E-state index contributed by atoms with van der Waals surface area (Å²) in [7, 11) is 4.34. The van der Waals surface area contributed by atoms with E-state index in [1.165, 1.54) is 24.2 Å². The molecular formula is C25H29N5. The van der Waals surface area contributed by atoms with Crippen molar-refractivity contribution in [3.63, 3.8) is 0 Å². The minimum absolute atomic E-state index is 0.342. The predicted molar refractivity (Wildman–Crippen MR) is 122 cm³/mol. The highest BCUT2D eigenvalue weighted by Gasteiger charge is 2.34. The van der Waals surface area contributed by atoms with Gasteiger partial charge in [-0.3, -0.25) is 9.30 Å². The Morgan fingerprint density at radius 2 is 2.00 bits per heavy atom. The van der Waals surface area contributed by atoms with Gasteiger partial charge in [0.05, 0.1) is 22.8 Å². The number of aromatic nitrogens is 2. The Labute approximate surface area is 178 Å². The number of allylic oxidation sites excluding steroid dienone is 2. The largest absolute Gasteiger partial charge is 0.342 e. The second-order valence-corrected chi connectivity index (χ2v) is 8.85. The number of nitrogens with zero attached hydrogens (tertiary/aromatic N) is 5. The highest BCUT2D eigenvalue weighted by atomic mass is 15.4. The second kappa shape index (κ2) is 7.45. The van der Waals surface area contributed by atoms with Crippen molar-refractivity contribution in [2.45, 2.75) is 51.1 Å². The standard InChI is InChI=1S/C25H29N5/c1-17-19(16-26)24-27-20-12-7-8-13-21(20)30(24)25(23(17)18-10-5-4-6-11-18)29-15-9-14-22(29)28(2)3/h5,7-8,10,12-13,18,22H,4,6,9,11,14-15H2,1-3H3. The average molecular weight is 400 g/mol. The Morgan fingerprint density at radius 3 is 2.73 bits per heavy atom. The van der Waals surface area contributed by atoms with Crippen molar-refractivity contribution >= 4 is 22.5 Å². The maximum Gasteiger partial charge on any atom is 0.157 e. The van der Waals surface area contributed by atoms with E-state index in [1.807, 2.05) is 6.07 Å². The molecule has 2 atom stereocenters. The lowest BCUT2D eigenvalue weighted by Crippen LogP contribution is -2.42. The first-order chi connectivity index (χ1) is 14.6. The molecule has 0 bridgehead atoms. The van der Waals surface area contributed by atoms with E-state index in [9.17, 15) is 5.26 Å². The molecule has 154 valence electrons. The van der Waals surface area contributed by atoms with Crippen LogP contribution in [-0.4, -0.2) is 41.1 Å². The summed E-state index contributed by atoms with van der Waals surface area (Å²) >= 11 is 0. The van der Waals surface area contributed by atoms with Gasteiger partial charge in [-0.1, -0.05) is 24.3 Å². The number of hydrogen-bond acceptors (Lipinski definition) is 4. The molecule has 1 fully saturated rings. The van der Waals surface area contributed by atoms with Gasteiger partial charge in [0.2, 0.25) is 0 Å². The highest BCUT2D eigenvalue weighted by molar-refractivity contribution is 5.86. The van der Waals surface area contributed by atoms with E-state index >= 15 is 0 Å². The lowest BCUT2D eigenvalue weighted by Gasteiger charge is -2.36. The maximum absolute atomic E-state index is 10.1. The summed E-state index contributed by atoms with van der Waals surface area (Å²) in [5, 5.41) is 10.1. The number of benzene rings is 1. The SMILES string of the molecule is Cc1c(C2C=CCCC2)c(N2CCCC2N(C)C)n2c(nc3ccccc32)c1C#N. The molecule has 2 unspecified atom stereocenters. The Kier molecular flexibility index (Phi) is 4.75. The van der Waals surface area contributed by atoms with E-state index in [-0.39, 0.29) is 0 Å². The van der Waals surface area contributed by atoms with E-state index in [0.717, 1.165) is 48.1 Å². The summed E-state index contributed by atoms with van der Waals surface area (Å²) in [4.78, 5) is 9.81. The third kappa shape index (κ3) is 2.82. The van der Waals surface area contributed by atoms with Crippen LogP contribution >= 0.6 is 0 Å². The lowest BCUT2D eigenvalue weighted by atomic mass is 9.85. The first-order valence-corrected chi connectivity index (χ1v) is 11.0. The molecule has 2 aliphatic rings. The maximum atomic E-state index is 10.1. The van der Waals surface area contributed by atoms with Gasteiger partial charge in [-0.05, 0) is 70.8 Å². The fourth-order valence-electron chi connectivity index (χ4n) is 5.45. The van der Waals surface area contributed by atoms with Crippen LogP contribution in [-0.2, 0) is 0 Å². The topological polar surface area (TPSA) is 47.6 Å². The van der Waals surface area contributed by atoms with Crippen molar-refractivity contribution in [2.24, 2.45) is 0 Å². The van der Waals surface area contributed by atoms with Crippen LogP contribution in [0.25, 0.3) is 16.7 Å². The van der Waals surface area contributed by atoms with Crippen LogP contribution in [0.1, 0.15) is 54.7 Å². The Hall–Kier alpha value is -2.84. The molecular weight excluding hydrogens is 370 g/mol. The zero-order chi connectivity index (χ0) is 20.8. The summed E-state index contributed by atoms with van der Waals surface area (Å²) in [5.41, 5.74) is 5.95. The smallest absolute Gasteiger partial charge is 0.157 e. The summed E-state index contributed by atoms with van der Waals surface area (Å²) in [6.07, 6.45) is 10.8. The number of fused-ring (bicyclic) bond motifs is 3. The predicted octanol–water partition coefficient (Wildman–Crippen LogP) is 4.98. The Bertz CT molecular complexity index is 1180. The van der Waals surface area contributed by atoms with Crippen LogP contribution in [0.3, 0.4) is 0 Å². The van der Waals surface area contributed by atoms with Crippen LogP contribution in [0.2, 0.25) is 0 Å². The zero-order valence-electron chi connectivity index (χ0n) is 18.1. The fourth-order valence-corrected chi connectivity index (χ4v) is 5.45. The average Bonchev–Trinajstić information content (AvgIpc) is 3.39. The number of imidazole rings is 1. The first-order valence-electron chi connectivity index (χ1n) is 11.0. The minimum atomic E-state index is 0.342. The van der Waals surface area contributed by atoms with Gasteiger partial charge in [0, 0.05) is 18.0 Å². The van der Waals surface area contributed by atoms with Crippen LogP contribution < -0.4 is 4.90 Å². The van der Waals surface area contributed by atoms with Crippen LogP contribution in [0, 0.1) is 18.3 Å². The van der Waals surface area contributed by atoms with Gasteiger partial charge in [0.25, 0.3) is 0 Å². The van der Waals surface area contributed by atoms with Crippen LogP contribution in [0.15, 0.2) is 36.4 Å². The summed E-state index contributed by atoms with van der Waals surface area (Å²) in [6.45, 7) is 3.15.